The van der Waals surface area contributed by atoms with Crippen molar-refractivity contribution in [1.29, 1.82) is 0 Å². The number of phosphoric acid groups is 1. The number of hydrogen-bond donors (Lipinski definition) is 3. The number of halogens is 2. The van der Waals surface area contributed by atoms with Gasteiger partial charge in [0.05, 0.1) is 12.9 Å². The molecule has 6 atom stereocenters. The van der Waals surface area contributed by atoms with Gasteiger partial charge in [0.25, 0.3) is 7.82 Å². The zero-order chi connectivity index (χ0) is 36.6. The van der Waals surface area contributed by atoms with E-state index in [9.17, 15) is 23.9 Å². The molecule has 6 rings (SSSR count). The molecule has 1 fully saturated rings. The Morgan fingerprint density at radius 1 is 1.12 bits per heavy atom. The fraction of sp³-hybridized carbons (Fsp3) is 0.290. The number of nitrogens with two attached hydrogens (primary N) is 1. The first kappa shape index (κ1) is 36.8. The predicted molar refractivity (Wildman–Crippen MR) is 180 cm³/mol. The number of hydrogen-bond acceptors (Lipinski definition) is 14. The van der Waals surface area contributed by atoms with Gasteiger partial charge in [-0.1, -0.05) is 66.7 Å². The van der Waals surface area contributed by atoms with Crippen molar-refractivity contribution in [3.8, 4) is 5.75 Å². The van der Waals surface area contributed by atoms with Crippen molar-refractivity contribution >= 4 is 60.9 Å². The van der Waals surface area contributed by atoms with Crippen LogP contribution in [0.4, 0.5) is 10.2 Å². The number of nitrogen functional groups attached to an aromatic ring is 1. The lowest BCUT2D eigenvalue weighted by Gasteiger charge is -2.33. The molecular formula is C31H31ClFN6O10P2-. The predicted octanol–water partition coefficient (Wildman–Crippen LogP) is 4.61. The molecule has 1 aliphatic heterocycles. The standard InChI is InChI=1S/C31H32ClFN6O10P2/c1-31(2,29(41)45-15-18-9-4-3-5-10-18)38-50(42,48-21-14-8-12-19-11-6-7-13-20(19)21)49-51(43,44)46-16-22-25(40)23(33)28(47-22)39-17-35-24-26(34)36-30(32)37-27(24)39/h3-14,17,22-23,25,28,40H,15-16H2,1-2H3,(H,38,42)(H,43,44)(H2,34,36,37)/p-1/t22-,23-,25?,28-,50?/m1/s1. The number of aliphatic hydroxyl groups is 1. The molecule has 0 amide bonds. The van der Waals surface area contributed by atoms with E-state index < -0.39 is 58.3 Å². The summed E-state index contributed by atoms with van der Waals surface area (Å²) in [5.41, 5.74) is 4.72. The van der Waals surface area contributed by atoms with Crippen LogP contribution in [0.2, 0.25) is 5.28 Å². The van der Waals surface area contributed by atoms with Gasteiger partial charge in [-0.25, -0.2) is 18.3 Å². The molecule has 3 heterocycles. The summed E-state index contributed by atoms with van der Waals surface area (Å²) in [4.78, 5) is 38.2. The van der Waals surface area contributed by atoms with Gasteiger partial charge in [-0.2, -0.15) is 15.1 Å². The molecule has 20 heteroatoms. The second-order valence-corrected chi connectivity index (χ2v) is 15.4. The Morgan fingerprint density at radius 2 is 1.82 bits per heavy atom. The number of carbonyl (C=O) groups excluding carboxylic acids is 1. The first-order valence-electron chi connectivity index (χ1n) is 15.2. The maximum Gasteiger partial charge on any atom is 0.466 e. The Balaban J connectivity index is 1.20. The van der Waals surface area contributed by atoms with E-state index in [0.717, 1.165) is 10.9 Å². The number of rotatable bonds is 13. The Labute approximate surface area is 294 Å². The van der Waals surface area contributed by atoms with Crippen LogP contribution in [0.15, 0.2) is 79.1 Å². The van der Waals surface area contributed by atoms with Gasteiger partial charge in [0.1, 0.15) is 35.6 Å². The van der Waals surface area contributed by atoms with Gasteiger partial charge >= 0.3 is 13.7 Å². The Hall–Kier alpha value is -4.02. The molecule has 5 aromatic rings. The van der Waals surface area contributed by atoms with Crippen molar-refractivity contribution in [1.82, 2.24) is 24.6 Å². The minimum absolute atomic E-state index is 0.00532. The van der Waals surface area contributed by atoms with E-state index in [1.54, 1.807) is 66.7 Å². The molecule has 51 heavy (non-hydrogen) atoms. The molecule has 2 aromatic heterocycles. The van der Waals surface area contributed by atoms with Crippen LogP contribution in [0.1, 0.15) is 25.6 Å². The van der Waals surface area contributed by atoms with Crippen molar-refractivity contribution in [2.45, 2.75) is 50.6 Å². The molecule has 1 aliphatic rings. The molecule has 0 aliphatic carbocycles. The van der Waals surface area contributed by atoms with E-state index >= 15 is 4.39 Å². The molecule has 16 nitrogen and oxygen atoms in total. The van der Waals surface area contributed by atoms with Crippen LogP contribution in [0, 0.1) is 0 Å². The van der Waals surface area contributed by atoms with Crippen LogP contribution >= 0.6 is 27.2 Å². The number of esters is 1. The van der Waals surface area contributed by atoms with E-state index in [0.29, 0.717) is 16.3 Å². The van der Waals surface area contributed by atoms with Gasteiger partial charge < -0.3 is 34.3 Å². The van der Waals surface area contributed by atoms with E-state index in [-0.39, 0.29) is 34.6 Å². The fourth-order valence-corrected chi connectivity index (χ4v) is 8.52. The highest BCUT2D eigenvalue weighted by atomic mass is 35.5. The van der Waals surface area contributed by atoms with Crippen molar-refractivity contribution in [3.63, 3.8) is 0 Å². The van der Waals surface area contributed by atoms with Gasteiger partial charge in [-0.3, -0.25) is 13.9 Å². The Kier molecular flexibility index (Phi) is 10.5. The van der Waals surface area contributed by atoms with Crippen LogP contribution < -0.4 is 20.2 Å². The van der Waals surface area contributed by atoms with Crippen molar-refractivity contribution in [2.75, 3.05) is 12.3 Å². The molecular weight excluding hydrogens is 733 g/mol. The van der Waals surface area contributed by atoms with E-state index in [4.69, 9.17) is 40.2 Å². The lowest BCUT2D eigenvalue weighted by atomic mass is 10.1. The lowest BCUT2D eigenvalue weighted by Crippen LogP contribution is -2.47. The van der Waals surface area contributed by atoms with Gasteiger partial charge in [-0.05, 0) is 42.5 Å². The van der Waals surface area contributed by atoms with Crippen LogP contribution in [-0.4, -0.2) is 61.1 Å². The normalized spacial score (nSPS) is 21.7. The van der Waals surface area contributed by atoms with Crippen LogP contribution in [0.3, 0.4) is 0 Å². The number of ether oxygens (including phenoxy) is 2. The van der Waals surface area contributed by atoms with Gasteiger partial charge in [0.15, 0.2) is 23.9 Å². The summed E-state index contributed by atoms with van der Waals surface area (Å²) in [6.07, 6.45) is -6.03. The molecule has 3 unspecified atom stereocenters. The first-order valence-corrected chi connectivity index (χ1v) is 18.6. The summed E-state index contributed by atoms with van der Waals surface area (Å²) in [6.45, 7) is 1.45. The maximum atomic E-state index is 15.3. The van der Waals surface area contributed by atoms with Gasteiger partial charge in [0, 0.05) is 5.39 Å². The van der Waals surface area contributed by atoms with E-state index in [2.05, 4.69) is 20.0 Å². The van der Waals surface area contributed by atoms with Crippen molar-refractivity contribution in [2.24, 2.45) is 0 Å². The molecule has 0 saturated carbocycles. The number of alkyl halides is 1. The van der Waals surface area contributed by atoms with Crippen molar-refractivity contribution in [3.05, 3.63) is 90.0 Å². The number of phosphoric ester groups is 1. The summed E-state index contributed by atoms with van der Waals surface area (Å²) in [5, 5.41) is 13.8. The Bertz CT molecular complexity index is 2160. The minimum atomic E-state index is -5.66. The third-order valence-electron chi connectivity index (χ3n) is 7.70. The SMILES string of the molecule is CC(C)(NP(=O)(Oc1cccc2ccccc12)OP(=O)([O-])OC[C@H]1O[C@@H](n2cnc3c(N)nc(Cl)nc32)[C@H](F)C1O)C(=O)OCc1ccccc1. The zero-order valence-corrected chi connectivity index (χ0v) is 29.4. The highest BCUT2D eigenvalue weighted by Gasteiger charge is 2.47. The van der Waals surface area contributed by atoms with Gasteiger partial charge in [-0.15, -0.1) is 0 Å². The number of aliphatic hydroxyl groups excluding tert-OH is 1. The minimum Gasteiger partial charge on any atom is -0.756 e. The molecule has 0 spiro atoms. The number of carbonyl (C=O) groups is 1. The summed E-state index contributed by atoms with van der Waals surface area (Å²) in [7, 11) is -10.8. The largest absolute Gasteiger partial charge is 0.756 e. The summed E-state index contributed by atoms with van der Waals surface area (Å²) in [6, 6.07) is 20.3. The molecule has 270 valence electrons. The first-order chi connectivity index (χ1) is 24.1. The van der Waals surface area contributed by atoms with Crippen molar-refractivity contribution < 1.29 is 51.1 Å². The highest BCUT2D eigenvalue weighted by Crippen LogP contribution is 2.59. The number of benzene rings is 3. The number of imidazole rings is 1. The highest BCUT2D eigenvalue weighted by molar-refractivity contribution is 7.63. The summed E-state index contributed by atoms with van der Waals surface area (Å²) in [5.74, 6) is -1.05. The Morgan fingerprint density at radius 3 is 2.59 bits per heavy atom. The topological polar surface area (TPSA) is 222 Å². The number of fused-ring (bicyclic) bond motifs is 2. The summed E-state index contributed by atoms with van der Waals surface area (Å²) < 4.78 is 70.7. The molecule has 0 bridgehead atoms. The maximum absolute atomic E-state index is 15.3. The fourth-order valence-electron chi connectivity index (χ4n) is 5.24. The van der Waals surface area contributed by atoms with Crippen LogP contribution in [0.25, 0.3) is 21.9 Å². The van der Waals surface area contributed by atoms with Gasteiger partial charge in [0.2, 0.25) is 5.28 Å². The lowest BCUT2D eigenvalue weighted by molar-refractivity contribution is -0.220. The smallest absolute Gasteiger partial charge is 0.466 e. The number of anilines is 1. The molecule has 0 radical (unpaired) electrons. The quantitative estimate of drug-likeness (QED) is 0.0846. The third-order valence-corrected chi connectivity index (χ3v) is 11.3. The number of nitrogens with zero attached hydrogens (tertiary/aromatic N) is 4. The van der Waals surface area contributed by atoms with E-state index in [1.807, 2.05) is 0 Å². The molecule has 3 aromatic carbocycles. The third kappa shape index (κ3) is 8.23. The monoisotopic (exact) mass is 763 g/mol. The molecule has 1 saturated heterocycles. The second-order valence-electron chi connectivity index (χ2n) is 11.9. The number of aromatic nitrogens is 4. The zero-order valence-electron chi connectivity index (χ0n) is 26.9. The second kappa shape index (κ2) is 14.5. The van der Waals surface area contributed by atoms with E-state index in [1.165, 1.54) is 19.9 Å². The summed E-state index contributed by atoms with van der Waals surface area (Å²) >= 11 is 5.89. The van der Waals surface area contributed by atoms with Crippen LogP contribution in [0.5, 0.6) is 5.75 Å². The average Bonchev–Trinajstić information content (AvgIpc) is 3.62. The van der Waals surface area contributed by atoms with Crippen LogP contribution in [-0.2, 0) is 38.8 Å². The molecule has 4 N–H and O–H groups in total. The average molecular weight is 764 g/mol. The number of nitrogens with one attached hydrogen (secondary N) is 1.